The molecule has 16 heavy (non-hydrogen) atoms. The van der Waals surface area contributed by atoms with Crippen molar-refractivity contribution in [3.05, 3.63) is 34.1 Å². The van der Waals surface area contributed by atoms with Gasteiger partial charge in [0.2, 0.25) is 11.7 Å². The van der Waals surface area contributed by atoms with E-state index in [-0.39, 0.29) is 6.04 Å². The summed E-state index contributed by atoms with van der Waals surface area (Å²) in [5, 5.41) is 4.85. The van der Waals surface area contributed by atoms with Crippen molar-refractivity contribution in [2.75, 3.05) is 0 Å². The number of hydrogen-bond acceptors (Lipinski definition) is 4. The average molecular weight is 258 g/mol. The van der Waals surface area contributed by atoms with Crippen molar-refractivity contribution < 1.29 is 4.52 Å². The quantitative estimate of drug-likeness (QED) is 0.898. The van der Waals surface area contributed by atoms with E-state index in [0.29, 0.717) is 27.3 Å². The maximum absolute atomic E-state index is 5.87. The third kappa shape index (κ3) is 2.35. The van der Waals surface area contributed by atoms with E-state index in [9.17, 15) is 0 Å². The van der Waals surface area contributed by atoms with Crippen molar-refractivity contribution >= 4 is 23.2 Å². The Balaban J connectivity index is 2.42. The van der Waals surface area contributed by atoms with Crippen LogP contribution in [0.5, 0.6) is 0 Å². The molecule has 0 saturated heterocycles. The summed E-state index contributed by atoms with van der Waals surface area (Å²) in [6, 6.07) is 4.77. The van der Waals surface area contributed by atoms with Crippen LogP contribution >= 0.6 is 23.2 Å². The Hall–Kier alpha value is -1.10. The fourth-order valence-corrected chi connectivity index (χ4v) is 1.75. The summed E-state index contributed by atoms with van der Waals surface area (Å²) in [6.45, 7) is 1.77. The van der Waals surface area contributed by atoms with E-state index in [1.165, 1.54) is 0 Å². The number of halogens is 2. The zero-order valence-electron chi connectivity index (χ0n) is 8.45. The molecule has 84 valence electrons. The summed E-state index contributed by atoms with van der Waals surface area (Å²) in [5.41, 5.74) is 6.32. The molecule has 0 amide bonds. The lowest BCUT2D eigenvalue weighted by Gasteiger charge is -1.97. The van der Waals surface area contributed by atoms with Crippen LogP contribution in [0.2, 0.25) is 10.0 Å². The molecule has 0 spiro atoms. The Morgan fingerprint density at radius 2 is 1.88 bits per heavy atom. The summed E-state index contributed by atoms with van der Waals surface area (Å²) < 4.78 is 4.99. The van der Waals surface area contributed by atoms with Crippen molar-refractivity contribution in [2.45, 2.75) is 13.0 Å². The van der Waals surface area contributed by atoms with Crippen LogP contribution in [0.25, 0.3) is 11.4 Å². The van der Waals surface area contributed by atoms with Crippen LogP contribution in [0.3, 0.4) is 0 Å². The third-order valence-corrected chi connectivity index (χ3v) is 2.39. The molecule has 2 rings (SSSR count). The second kappa shape index (κ2) is 4.41. The smallest absolute Gasteiger partial charge is 0.243 e. The van der Waals surface area contributed by atoms with E-state index in [0.717, 1.165) is 0 Å². The molecule has 1 atom stereocenters. The molecule has 0 fully saturated rings. The van der Waals surface area contributed by atoms with Crippen LogP contribution in [0.4, 0.5) is 0 Å². The summed E-state index contributed by atoms with van der Waals surface area (Å²) in [7, 11) is 0. The number of aromatic nitrogens is 2. The minimum atomic E-state index is -0.295. The molecule has 2 aromatic rings. The SMILES string of the molecule is CC(N)c1nc(-c2cc(Cl)cc(Cl)c2)no1. The van der Waals surface area contributed by atoms with Gasteiger partial charge in [-0.2, -0.15) is 4.98 Å². The van der Waals surface area contributed by atoms with E-state index in [1.807, 2.05) is 0 Å². The summed E-state index contributed by atoms with van der Waals surface area (Å²) >= 11 is 11.7. The number of hydrogen-bond donors (Lipinski definition) is 1. The second-order valence-electron chi connectivity index (χ2n) is 3.40. The molecular weight excluding hydrogens is 249 g/mol. The zero-order chi connectivity index (χ0) is 11.7. The molecule has 0 aliphatic carbocycles. The van der Waals surface area contributed by atoms with E-state index in [2.05, 4.69) is 10.1 Å². The molecule has 1 unspecified atom stereocenters. The first-order valence-corrected chi connectivity index (χ1v) is 5.37. The van der Waals surface area contributed by atoms with Crippen LogP contribution in [0.15, 0.2) is 22.7 Å². The highest BCUT2D eigenvalue weighted by Gasteiger charge is 2.12. The van der Waals surface area contributed by atoms with E-state index < -0.39 is 0 Å². The predicted octanol–water partition coefficient (Wildman–Crippen LogP) is 3.06. The summed E-state index contributed by atoms with van der Waals surface area (Å²) in [4.78, 5) is 4.14. The third-order valence-electron chi connectivity index (χ3n) is 1.95. The number of nitrogens with two attached hydrogens (primary N) is 1. The number of rotatable bonds is 2. The Kier molecular flexibility index (Phi) is 3.14. The number of benzene rings is 1. The largest absolute Gasteiger partial charge is 0.337 e. The van der Waals surface area contributed by atoms with Gasteiger partial charge in [-0.3, -0.25) is 0 Å². The van der Waals surface area contributed by atoms with Gasteiger partial charge in [0.1, 0.15) is 0 Å². The van der Waals surface area contributed by atoms with Crippen molar-refractivity contribution in [1.82, 2.24) is 10.1 Å². The molecule has 0 aliphatic heterocycles. The molecule has 6 heteroatoms. The fourth-order valence-electron chi connectivity index (χ4n) is 1.22. The normalized spacial score (nSPS) is 12.8. The second-order valence-corrected chi connectivity index (χ2v) is 4.28. The molecular formula is C10H9Cl2N3O. The highest BCUT2D eigenvalue weighted by molar-refractivity contribution is 6.35. The molecule has 0 bridgehead atoms. The lowest BCUT2D eigenvalue weighted by atomic mass is 10.2. The first-order valence-electron chi connectivity index (χ1n) is 4.62. The average Bonchev–Trinajstić information content (AvgIpc) is 2.64. The Labute approximate surface area is 102 Å². The highest BCUT2D eigenvalue weighted by Crippen LogP contribution is 2.25. The molecule has 1 aromatic carbocycles. The van der Waals surface area contributed by atoms with Gasteiger partial charge in [0.05, 0.1) is 6.04 Å². The van der Waals surface area contributed by atoms with Crippen LogP contribution in [0.1, 0.15) is 18.9 Å². The molecule has 1 heterocycles. The van der Waals surface area contributed by atoms with Crippen LogP contribution in [0, 0.1) is 0 Å². The maximum Gasteiger partial charge on any atom is 0.243 e. The minimum Gasteiger partial charge on any atom is -0.337 e. The first-order chi connectivity index (χ1) is 7.56. The Bertz CT molecular complexity index is 490. The van der Waals surface area contributed by atoms with Gasteiger partial charge in [0.25, 0.3) is 0 Å². The van der Waals surface area contributed by atoms with Crippen molar-refractivity contribution in [2.24, 2.45) is 5.73 Å². The van der Waals surface area contributed by atoms with Gasteiger partial charge < -0.3 is 10.3 Å². The van der Waals surface area contributed by atoms with Crippen molar-refractivity contribution in [3.63, 3.8) is 0 Å². The van der Waals surface area contributed by atoms with Crippen LogP contribution in [-0.4, -0.2) is 10.1 Å². The molecule has 2 N–H and O–H groups in total. The van der Waals surface area contributed by atoms with Gasteiger partial charge in [-0.25, -0.2) is 0 Å². The van der Waals surface area contributed by atoms with Crippen LogP contribution in [-0.2, 0) is 0 Å². The summed E-state index contributed by atoms with van der Waals surface area (Å²) in [5.74, 6) is 0.808. The number of nitrogens with zero attached hydrogens (tertiary/aromatic N) is 2. The minimum absolute atomic E-state index is 0.295. The Morgan fingerprint density at radius 3 is 2.38 bits per heavy atom. The van der Waals surface area contributed by atoms with Gasteiger partial charge in [-0.15, -0.1) is 0 Å². The lowest BCUT2D eigenvalue weighted by Crippen LogP contribution is -2.04. The Morgan fingerprint density at radius 1 is 1.25 bits per heavy atom. The van der Waals surface area contributed by atoms with E-state index >= 15 is 0 Å². The van der Waals surface area contributed by atoms with Gasteiger partial charge in [0.15, 0.2) is 0 Å². The first kappa shape index (κ1) is 11.4. The zero-order valence-corrected chi connectivity index (χ0v) is 9.96. The molecule has 1 aromatic heterocycles. The topological polar surface area (TPSA) is 64.9 Å². The van der Waals surface area contributed by atoms with Gasteiger partial charge in [-0.05, 0) is 25.1 Å². The van der Waals surface area contributed by atoms with Crippen molar-refractivity contribution in [3.8, 4) is 11.4 Å². The highest BCUT2D eigenvalue weighted by atomic mass is 35.5. The molecule has 4 nitrogen and oxygen atoms in total. The fraction of sp³-hybridized carbons (Fsp3) is 0.200. The van der Waals surface area contributed by atoms with E-state index in [4.69, 9.17) is 33.5 Å². The standard InChI is InChI=1S/C10H9Cl2N3O/c1-5(13)10-14-9(15-16-10)6-2-7(11)4-8(12)3-6/h2-5H,13H2,1H3. The summed E-state index contributed by atoms with van der Waals surface area (Å²) in [6.07, 6.45) is 0. The monoisotopic (exact) mass is 257 g/mol. The van der Waals surface area contributed by atoms with Gasteiger partial charge in [-0.1, -0.05) is 28.4 Å². The van der Waals surface area contributed by atoms with Gasteiger partial charge >= 0.3 is 0 Å². The van der Waals surface area contributed by atoms with Crippen LogP contribution < -0.4 is 5.73 Å². The van der Waals surface area contributed by atoms with E-state index in [1.54, 1.807) is 25.1 Å². The predicted molar refractivity (Wildman–Crippen MR) is 62.4 cm³/mol. The molecule has 0 aliphatic rings. The molecule has 0 saturated carbocycles. The van der Waals surface area contributed by atoms with Gasteiger partial charge in [0, 0.05) is 15.6 Å². The lowest BCUT2D eigenvalue weighted by molar-refractivity contribution is 0.362. The molecule has 0 radical (unpaired) electrons. The maximum atomic E-state index is 5.87. The van der Waals surface area contributed by atoms with Crippen molar-refractivity contribution in [1.29, 1.82) is 0 Å².